The van der Waals surface area contributed by atoms with Gasteiger partial charge in [-0.15, -0.1) is 0 Å². The van der Waals surface area contributed by atoms with Crippen LogP contribution in [0.4, 0.5) is 0 Å². The fourth-order valence-electron chi connectivity index (χ4n) is 3.98. The van der Waals surface area contributed by atoms with Crippen LogP contribution in [0.3, 0.4) is 0 Å². The van der Waals surface area contributed by atoms with Crippen molar-refractivity contribution in [1.82, 2.24) is 5.01 Å². The van der Waals surface area contributed by atoms with Crippen LogP contribution in [0.2, 0.25) is 0 Å². The van der Waals surface area contributed by atoms with E-state index in [-0.39, 0.29) is 42.1 Å². The Kier molecular flexibility index (Phi) is 4.06. The number of fused-ring (bicyclic) bond motifs is 5. The van der Waals surface area contributed by atoms with Gasteiger partial charge in [0.2, 0.25) is 0 Å². The summed E-state index contributed by atoms with van der Waals surface area (Å²) >= 11 is 0. The molecule has 2 fully saturated rings. The van der Waals surface area contributed by atoms with Gasteiger partial charge in [-0.2, -0.15) is 10.1 Å². The first kappa shape index (κ1) is 16.5. The lowest BCUT2D eigenvalue weighted by Gasteiger charge is -2.13. The molecule has 1 saturated carbocycles. The van der Waals surface area contributed by atoms with Crippen molar-refractivity contribution < 1.29 is 23.9 Å². The fraction of sp³-hybridized carbons (Fsp3) is 0.368. The van der Waals surface area contributed by atoms with Crippen molar-refractivity contribution in [3.05, 3.63) is 42.0 Å². The van der Waals surface area contributed by atoms with E-state index in [2.05, 4.69) is 22.0 Å². The highest BCUT2D eigenvalue weighted by atomic mass is 16.6. The number of ether oxygens (including phenoxy) is 2. The molecule has 1 aromatic rings. The molecule has 0 N–H and O–H groups in total. The quantitative estimate of drug-likeness (QED) is 0.345. The van der Waals surface area contributed by atoms with Crippen molar-refractivity contribution in [3.8, 4) is 5.75 Å². The predicted molar refractivity (Wildman–Crippen MR) is 91.1 cm³/mol. The Balaban J connectivity index is 1.41. The molecule has 0 unspecified atom stereocenters. The van der Waals surface area contributed by atoms with Gasteiger partial charge < -0.3 is 9.47 Å². The highest BCUT2D eigenvalue weighted by molar-refractivity contribution is 6.06. The number of carbonyl (C=O) groups is 3. The molecule has 7 heteroatoms. The van der Waals surface area contributed by atoms with Gasteiger partial charge >= 0.3 is 5.97 Å². The van der Waals surface area contributed by atoms with Crippen molar-refractivity contribution in [2.45, 2.75) is 6.42 Å². The molecule has 2 aliphatic carbocycles. The van der Waals surface area contributed by atoms with Gasteiger partial charge in [0.05, 0.1) is 25.2 Å². The third-order valence-corrected chi connectivity index (χ3v) is 5.23. The molecule has 0 aromatic heterocycles. The molecule has 1 heterocycles. The van der Waals surface area contributed by atoms with Gasteiger partial charge in [-0.05, 0) is 48.1 Å². The van der Waals surface area contributed by atoms with Crippen LogP contribution in [0.15, 0.2) is 41.5 Å². The third-order valence-electron chi connectivity index (χ3n) is 5.23. The average Bonchev–Trinajstić information content (AvgIpc) is 3.33. The first-order valence-corrected chi connectivity index (χ1v) is 8.48. The largest absolute Gasteiger partial charge is 0.482 e. The van der Waals surface area contributed by atoms with E-state index in [1.54, 1.807) is 24.3 Å². The van der Waals surface area contributed by atoms with Crippen LogP contribution in [0.1, 0.15) is 12.0 Å². The number of imide groups is 1. The van der Waals surface area contributed by atoms with Gasteiger partial charge in [0, 0.05) is 0 Å². The molecule has 4 rings (SSSR count). The zero-order valence-corrected chi connectivity index (χ0v) is 14.2. The minimum atomic E-state index is -0.462. The number of hydrazone groups is 1. The number of hydrogen-bond acceptors (Lipinski definition) is 6. The Bertz CT molecular complexity index is 784. The van der Waals surface area contributed by atoms with Gasteiger partial charge in [-0.1, -0.05) is 12.2 Å². The molecule has 134 valence electrons. The molecule has 0 spiro atoms. The second-order valence-electron chi connectivity index (χ2n) is 6.67. The smallest absolute Gasteiger partial charge is 0.343 e. The summed E-state index contributed by atoms with van der Waals surface area (Å²) in [5, 5.41) is 5.14. The molecular formula is C19H18N2O5. The van der Waals surface area contributed by atoms with Crippen molar-refractivity contribution >= 4 is 24.0 Å². The summed E-state index contributed by atoms with van der Waals surface area (Å²) in [5.41, 5.74) is 0.717. The summed E-state index contributed by atoms with van der Waals surface area (Å²) in [4.78, 5) is 36.1. The zero-order valence-electron chi connectivity index (χ0n) is 14.2. The average molecular weight is 354 g/mol. The van der Waals surface area contributed by atoms with Crippen LogP contribution in [0.25, 0.3) is 0 Å². The van der Waals surface area contributed by atoms with Gasteiger partial charge in [-0.25, -0.2) is 4.79 Å². The monoisotopic (exact) mass is 354 g/mol. The summed E-state index contributed by atoms with van der Waals surface area (Å²) in [6.45, 7) is -0.167. The maximum atomic E-state index is 12.5. The first-order chi connectivity index (χ1) is 12.6. The number of hydrogen-bond donors (Lipinski definition) is 0. The van der Waals surface area contributed by atoms with Crippen molar-refractivity contribution in [3.63, 3.8) is 0 Å². The van der Waals surface area contributed by atoms with Crippen molar-refractivity contribution in [2.75, 3.05) is 13.7 Å². The Morgan fingerprint density at radius 1 is 1.15 bits per heavy atom. The Labute approximate surface area is 150 Å². The number of esters is 1. The number of nitrogens with zero attached hydrogens (tertiary/aromatic N) is 2. The van der Waals surface area contributed by atoms with Crippen LogP contribution >= 0.6 is 0 Å². The lowest BCUT2D eigenvalue weighted by atomic mass is 9.85. The molecule has 7 nitrogen and oxygen atoms in total. The van der Waals surface area contributed by atoms with Crippen molar-refractivity contribution in [1.29, 1.82) is 0 Å². The summed E-state index contributed by atoms with van der Waals surface area (Å²) < 4.78 is 9.77. The zero-order chi connectivity index (χ0) is 18.3. The Morgan fingerprint density at radius 3 is 2.35 bits per heavy atom. The maximum absolute atomic E-state index is 12.5. The molecule has 2 amide bonds. The van der Waals surface area contributed by atoms with E-state index in [1.807, 2.05) is 0 Å². The van der Waals surface area contributed by atoms with E-state index in [0.29, 0.717) is 11.3 Å². The SMILES string of the molecule is COC(=O)COc1ccc(/C=N\N2C(=O)[C@@H]3[C@H](C2=O)[C@@H]2C=C[C@H]3C2)cc1. The number of amides is 2. The van der Waals surface area contributed by atoms with Gasteiger partial charge in [0.25, 0.3) is 11.8 Å². The third kappa shape index (κ3) is 2.69. The van der Waals surface area contributed by atoms with Crippen LogP contribution < -0.4 is 4.74 Å². The van der Waals surface area contributed by atoms with Crippen molar-refractivity contribution in [2.24, 2.45) is 28.8 Å². The lowest BCUT2D eigenvalue weighted by Crippen LogP contribution is -2.28. The molecule has 26 heavy (non-hydrogen) atoms. The summed E-state index contributed by atoms with van der Waals surface area (Å²) in [5.74, 6) is -0.501. The fourth-order valence-corrected chi connectivity index (χ4v) is 3.98. The number of allylic oxidation sites excluding steroid dienone is 2. The standard InChI is InChI=1S/C19H18N2O5/c1-25-15(22)10-26-14-6-2-11(3-7-14)9-20-21-18(23)16-12-4-5-13(8-12)17(16)19(21)24/h2-7,9,12-13,16-17H,8,10H2,1H3/b20-9-/t12-,13+,16-,17+. The minimum Gasteiger partial charge on any atom is -0.482 e. The number of methoxy groups -OCH3 is 1. The molecule has 2 bridgehead atoms. The topological polar surface area (TPSA) is 85.3 Å². The van der Waals surface area contributed by atoms with Crippen LogP contribution in [0, 0.1) is 23.7 Å². The molecule has 4 atom stereocenters. The lowest BCUT2D eigenvalue weighted by molar-refractivity contribution is -0.143. The number of carbonyl (C=O) groups excluding carboxylic acids is 3. The molecule has 1 saturated heterocycles. The Morgan fingerprint density at radius 2 is 1.77 bits per heavy atom. The van der Waals surface area contributed by atoms with E-state index in [0.717, 1.165) is 11.4 Å². The predicted octanol–water partition coefficient (Wildman–Crippen LogP) is 1.38. The van der Waals surface area contributed by atoms with Crippen LogP contribution in [0.5, 0.6) is 5.75 Å². The second kappa shape index (κ2) is 6.40. The minimum absolute atomic E-state index is 0.167. The number of rotatable bonds is 5. The molecule has 1 aliphatic heterocycles. The number of benzene rings is 1. The summed E-state index contributed by atoms with van der Waals surface area (Å²) in [7, 11) is 1.29. The van der Waals surface area contributed by atoms with Crippen LogP contribution in [-0.4, -0.2) is 42.7 Å². The first-order valence-electron chi connectivity index (χ1n) is 8.48. The van der Waals surface area contributed by atoms with Crippen LogP contribution in [-0.2, 0) is 19.1 Å². The molecule has 3 aliphatic rings. The van der Waals surface area contributed by atoms with Gasteiger partial charge in [0.1, 0.15) is 5.75 Å². The van der Waals surface area contributed by atoms with E-state index in [1.165, 1.54) is 13.3 Å². The van der Waals surface area contributed by atoms with Gasteiger partial charge in [-0.3, -0.25) is 9.59 Å². The van der Waals surface area contributed by atoms with E-state index < -0.39 is 5.97 Å². The highest BCUT2D eigenvalue weighted by Crippen LogP contribution is 2.52. The molecule has 1 aromatic carbocycles. The molecule has 0 radical (unpaired) electrons. The highest BCUT2D eigenvalue weighted by Gasteiger charge is 2.59. The summed E-state index contributed by atoms with van der Waals surface area (Å²) in [6, 6.07) is 6.81. The Hall–Kier alpha value is -2.96. The normalized spacial score (nSPS) is 28.9. The van der Waals surface area contributed by atoms with E-state index in [9.17, 15) is 14.4 Å². The maximum Gasteiger partial charge on any atom is 0.343 e. The van der Waals surface area contributed by atoms with Gasteiger partial charge in [0.15, 0.2) is 6.61 Å². The second-order valence-corrected chi connectivity index (χ2v) is 6.67. The molecular weight excluding hydrogens is 336 g/mol. The summed E-state index contributed by atoms with van der Waals surface area (Å²) in [6.07, 6.45) is 6.49. The van der Waals surface area contributed by atoms with E-state index >= 15 is 0 Å². The van der Waals surface area contributed by atoms with E-state index in [4.69, 9.17) is 4.74 Å².